The van der Waals surface area contributed by atoms with Crippen molar-refractivity contribution in [3.05, 3.63) is 47.5 Å². The molecule has 5 rings (SSSR count). The number of aliphatic hydroxyl groups excluding tert-OH is 1. The molecule has 9 nitrogen and oxygen atoms in total. The minimum atomic E-state index is -0.466. The summed E-state index contributed by atoms with van der Waals surface area (Å²) in [5, 5.41) is 20.1. The molecule has 4 aromatic rings. The normalized spacial score (nSPS) is 14.7. The van der Waals surface area contributed by atoms with Gasteiger partial charge in [-0.15, -0.1) is 0 Å². The van der Waals surface area contributed by atoms with Crippen LogP contribution in [0.2, 0.25) is 0 Å². The Labute approximate surface area is 190 Å². The molecule has 172 valence electrons. The molecule has 4 heterocycles. The second-order valence-electron chi connectivity index (χ2n) is 8.46. The molecular formula is C23H26FN7O2. The van der Waals surface area contributed by atoms with Gasteiger partial charge in [0.2, 0.25) is 0 Å². The number of piperidine rings is 1. The molecule has 0 radical (unpaired) electrons. The van der Waals surface area contributed by atoms with Gasteiger partial charge in [-0.05, 0) is 50.8 Å². The van der Waals surface area contributed by atoms with Crippen molar-refractivity contribution >= 4 is 28.4 Å². The summed E-state index contributed by atoms with van der Waals surface area (Å²) in [7, 11) is 0. The molecule has 1 aliphatic heterocycles. The van der Waals surface area contributed by atoms with Gasteiger partial charge in [0, 0.05) is 54.1 Å². The second kappa shape index (κ2) is 8.70. The van der Waals surface area contributed by atoms with Crippen LogP contribution in [0.1, 0.15) is 24.2 Å². The lowest BCUT2D eigenvalue weighted by molar-refractivity contribution is 0.202. The number of aromatic nitrogens is 5. The summed E-state index contributed by atoms with van der Waals surface area (Å²) in [6.07, 6.45) is 1.74. The van der Waals surface area contributed by atoms with Crippen LogP contribution in [-0.2, 0) is 0 Å². The quantitative estimate of drug-likeness (QED) is 0.348. The van der Waals surface area contributed by atoms with Gasteiger partial charge >= 0.3 is 6.01 Å². The zero-order valence-electron chi connectivity index (χ0n) is 18.5. The van der Waals surface area contributed by atoms with Crippen molar-refractivity contribution in [3.63, 3.8) is 0 Å². The van der Waals surface area contributed by atoms with E-state index in [4.69, 9.17) is 4.74 Å². The minimum Gasteiger partial charge on any atom is -0.421 e. The summed E-state index contributed by atoms with van der Waals surface area (Å²) in [6, 6.07) is 8.81. The Bertz CT molecular complexity index is 1280. The molecule has 0 aliphatic carbocycles. The highest BCUT2D eigenvalue weighted by atomic mass is 19.1. The number of fused-ring (bicyclic) bond motifs is 1. The smallest absolute Gasteiger partial charge is 0.326 e. The van der Waals surface area contributed by atoms with E-state index >= 15 is 4.39 Å². The molecule has 1 fully saturated rings. The maximum absolute atomic E-state index is 15.1. The lowest BCUT2D eigenvalue weighted by Crippen LogP contribution is -2.35. The number of anilines is 3. The standard InChI is InChI=1S/C23H26FN7O2/c1-13-9-16-17(25-13)3-4-18(22(16)24)33-23-27-19(26-20-10-14(2)29-30-20)11-21(28-23)31-7-5-15(12-32)6-8-31/h3-4,9-11,15,25,32H,5-8,12H2,1-2H3,(H2,26,27,28,29,30). The number of hydrogen-bond acceptors (Lipinski definition) is 7. The van der Waals surface area contributed by atoms with Crippen LogP contribution in [0.5, 0.6) is 11.8 Å². The highest BCUT2D eigenvalue weighted by Gasteiger charge is 2.22. The Morgan fingerprint density at radius 3 is 2.67 bits per heavy atom. The van der Waals surface area contributed by atoms with E-state index in [9.17, 15) is 5.11 Å². The van der Waals surface area contributed by atoms with Crippen molar-refractivity contribution < 1.29 is 14.2 Å². The first kappa shape index (κ1) is 21.2. The number of aryl methyl sites for hydroxylation is 2. The number of aliphatic hydroxyl groups is 1. The summed E-state index contributed by atoms with van der Waals surface area (Å²) < 4.78 is 20.9. The monoisotopic (exact) mass is 451 g/mol. The van der Waals surface area contributed by atoms with Gasteiger partial charge in [0.15, 0.2) is 17.4 Å². The van der Waals surface area contributed by atoms with Gasteiger partial charge in [0.05, 0.1) is 0 Å². The summed E-state index contributed by atoms with van der Waals surface area (Å²) in [5.74, 6) is 1.66. The van der Waals surface area contributed by atoms with Crippen molar-refractivity contribution in [3.8, 4) is 11.8 Å². The Morgan fingerprint density at radius 2 is 1.94 bits per heavy atom. The van der Waals surface area contributed by atoms with Crippen molar-refractivity contribution in [1.82, 2.24) is 25.1 Å². The van der Waals surface area contributed by atoms with E-state index in [1.165, 1.54) is 0 Å². The van der Waals surface area contributed by atoms with E-state index in [-0.39, 0.29) is 18.4 Å². The van der Waals surface area contributed by atoms with Crippen molar-refractivity contribution in [1.29, 1.82) is 0 Å². The summed E-state index contributed by atoms with van der Waals surface area (Å²) in [5.41, 5.74) is 2.48. The van der Waals surface area contributed by atoms with E-state index in [1.54, 1.807) is 18.2 Å². The number of rotatable bonds is 6. The molecule has 0 spiro atoms. The van der Waals surface area contributed by atoms with Gasteiger partial charge < -0.3 is 25.0 Å². The number of ether oxygens (including phenoxy) is 1. The first-order valence-corrected chi connectivity index (χ1v) is 11.0. The lowest BCUT2D eigenvalue weighted by Gasteiger charge is -2.32. The predicted octanol–water partition coefficient (Wildman–Crippen LogP) is 4.18. The number of nitrogens with zero attached hydrogens (tertiary/aromatic N) is 4. The molecule has 0 atom stereocenters. The zero-order chi connectivity index (χ0) is 22.9. The molecule has 0 amide bonds. The molecule has 33 heavy (non-hydrogen) atoms. The molecule has 1 aliphatic rings. The third-order valence-corrected chi connectivity index (χ3v) is 5.89. The van der Waals surface area contributed by atoms with Crippen LogP contribution in [-0.4, -0.2) is 50.0 Å². The number of aromatic amines is 2. The Balaban J connectivity index is 1.47. The fraction of sp³-hybridized carbons (Fsp3) is 0.348. The molecular weight excluding hydrogens is 425 g/mol. The van der Waals surface area contributed by atoms with Crippen LogP contribution in [0.3, 0.4) is 0 Å². The largest absolute Gasteiger partial charge is 0.421 e. The van der Waals surface area contributed by atoms with Crippen LogP contribution in [0, 0.1) is 25.6 Å². The van der Waals surface area contributed by atoms with Gasteiger partial charge in [0.1, 0.15) is 11.6 Å². The van der Waals surface area contributed by atoms with Crippen LogP contribution in [0.15, 0.2) is 30.3 Å². The Kier molecular flexibility index (Phi) is 5.59. The van der Waals surface area contributed by atoms with E-state index in [0.29, 0.717) is 34.3 Å². The van der Waals surface area contributed by atoms with Crippen molar-refractivity contribution in [2.75, 3.05) is 29.9 Å². The third-order valence-electron chi connectivity index (χ3n) is 5.89. The number of hydrogen-bond donors (Lipinski definition) is 4. The maximum Gasteiger partial charge on any atom is 0.326 e. The second-order valence-corrected chi connectivity index (χ2v) is 8.46. The first-order valence-electron chi connectivity index (χ1n) is 11.0. The van der Waals surface area contributed by atoms with Gasteiger partial charge in [-0.1, -0.05) is 0 Å². The molecule has 0 saturated carbocycles. The Morgan fingerprint density at radius 1 is 1.12 bits per heavy atom. The summed E-state index contributed by atoms with van der Waals surface area (Å²) in [6.45, 7) is 5.49. The van der Waals surface area contributed by atoms with E-state index in [1.807, 2.05) is 26.0 Å². The number of H-pyrrole nitrogens is 2. The highest BCUT2D eigenvalue weighted by Crippen LogP contribution is 2.32. The van der Waals surface area contributed by atoms with Gasteiger partial charge in [-0.2, -0.15) is 15.1 Å². The lowest BCUT2D eigenvalue weighted by atomic mass is 9.98. The highest BCUT2D eigenvalue weighted by molar-refractivity contribution is 5.82. The average molecular weight is 452 g/mol. The molecule has 1 saturated heterocycles. The fourth-order valence-corrected chi connectivity index (χ4v) is 4.11. The molecule has 10 heteroatoms. The van der Waals surface area contributed by atoms with Gasteiger partial charge in [-0.25, -0.2) is 4.39 Å². The Hall–Kier alpha value is -3.66. The van der Waals surface area contributed by atoms with Crippen molar-refractivity contribution in [2.24, 2.45) is 5.92 Å². The molecule has 3 aromatic heterocycles. The molecule has 0 bridgehead atoms. The van der Waals surface area contributed by atoms with Gasteiger partial charge in [0.25, 0.3) is 0 Å². The summed E-state index contributed by atoms with van der Waals surface area (Å²) >= 11 is 0. The number of nitrogens with one attached hydrogen (secondary N) is 3. The van der Waals surface area contributed by atoms with E-state index < -0.39 is 5.82 Å². The fourth-order valence-electron chi connectivity index (χ4n) is 4.11. The zero-order valence-corrected chi connectivity index (χ0v) is 18.5. The summed E-state index contributed by atoms with van der Waals surface area (Å²) in [4.78, 5) is 14.2. The maximum atomic E-state index is 15.1. The van der Waals surface area contributed by atoms with Crippen LogP contribution in [0.25, 0.3) is 10.9 Å². The average Bonchev–Trinajstić information content (AvgIpc) is 3.40. The number of benzene rings is 1. The first-order chi connectivity index (χ1) is 16.0. The van der Waals surface area contributed by atoms with Crippen LogP contribution < -0.4 is 15.0 Å². The third kappa shape index (κ3) is 4.47. The van der Waals surface area contributed by atoms with E-state index in [0.717, 1.165) is 37.3 Å². The van der Waals surface area contributed by atoms with E-state index in [2.05, 4.69) is 35.4 Å². The SMILES string of the molecule is Cc1cc(Nc2cc(N3CCC(CO)CC3)nc(Oc3ccc4[nH]c(C)cc4c3F)n2)n[nH]1. The van der Waals surface area contributed by atoms with Gasteiger partial charge in [-0.3, -0.25) is 5.10 Å². The molecule has 1 aromatic carbocycles. The number of halogens is 1. The molecule has 0 unspecified atom stereocenters. The van der Waals surface area contributed by atoms with Crippen LogP contribution in [0.4, 0.5) is 21.8 Å². The predicted molar refractivity (Wildman–Crippen MR) is 124 cm³/mol. The minimum absolute atomic E-state index is 0.0389. The molecule has 4 N–H and O–H groups in total. The van der Waals surface area contributed by atoms with Crippen molar-refractivity contribution in [2.45, 2.75) is 26.7 Å². The van der Waals surface area contributed by atoms with Crippen LogP contribution >= 0.6 is 0 Å². The topological polar surface area (TPSA) is 115 Å².